The quantitative estimate of drug-likeness (QED) is 0.522. The van der Waals surface area contributed by atoms with E-state index in [1.165, 1.54) is 6.07 Å². The second-order valence-corrected chi connectivity index (χ2v) is 5.64. The fourth-order valence-corrected chi connectivity index (χ4v) is 2.26. The van der Waals surface area contributed by atoms with Gasteiger partial charge in [-0.3, -0.25) is 9.59 Å². The van der Waals surface area contributed by atoms with Crippen LogP contribution in [0.2, 0.25) is 0 Å². The highest BCUT2D eigenvalue weighted by Crippen LogP contribution is 2.17. The van der Waals surface area contributed by atoms with Crippen molar-refractivity contribution in [1.29, 1.82) is 0 Å². The van der Waals surface area contributed by atoms with E-state index in [-0.39, 0.29) is 11.5 Å². The van der Waals surface area contributed by atoms with E-state index in [9.17, 15) is 14.4 Å². The summed E-state index contributed by atoms with van der Waals surface area (Å²) in [5.74, 6) is -1.43. The molecule has 27 heavy (non-hydrogen) atoms. The topological polar surface area (TPSA) is 93.7 Å². The Balaban J connectivity index is 1.93. The molecular weight excluding hydrogens is 348 g/mol. The second-order valence-electron chi connectivity index (χ2n) is 5.64. The molecular formula is C20H22N2O5. The van der Waals surface area contributed by atoms with Crippen molar-refractivity contribution < 1.29 is 23.9 Å². The standard InChI is InChI=1S/C20H22N2O5/c1-26-13-7-12-21-18(23)14-27-20(25)16-10-5-6-11-17(16)22-19(24)15-8-3-2-4-9-15/h2-6,8-11H,7,12-14H2,1H3,(H,21,23)(H,22,24). The third kappa shape index (κ3) is 6.56. The van der Waals surface area contributed by atoms with Crippen LogP contribution in [0.25, 0.3) is 0 Å². The van der Waals surface area contributed by atoms with E-state index in [1.54, 1.807) is 49.6 Å². The third-order valence-electron chi connectivity index (χ3n) is 3.61. The van der Waals surface area contributed by atoms with Gasteiger partial charge < -0.3 is 20.1 Å². The van der Waals surface area contributed by atoms with Crippen molar-refractivity contribution in [2.45, 2.75) is 6.42 Å². The molecule has 2 N–H and O–H groups in total. The first-order valence-corrected chi connectivity index (χ1v) is 8.50. The number of hydrogen-bond acceptors (Lipinski definition) is 5. The van der Waals surface area contributed by atoms with Gasteiger partial charge in [-0.15, -0.1) is 0 Å². The van der Waals surface area contributed by atoms with Crippen molar-refractivity contribution >= 4 is 23.5 Å². The van der Waals surface area contributed by atoms with Gasteiger partial charge in [-0.2, -0.15) is 0 Å². The van der Waals surface area contributed by atoms with Gasteiger partial charge in [0.1, 0.15) is 0 Å². The lowest BCUT2D eigenvalue weighted by molar-refractivity contribution is -0.124. The SMILES string of the molecule is COCCCNC(=O)COC(=O)c1ccccc1NC(=O)c1ccccc1. The first-order chi connectivity index (χ1) is 13.1. The zero-order valence-corrected chi connectivity index (χ0v) is 15.1. The number of ether oxygens (including phenoxy) is 2. The fraction of sp³-hybridized carbons (Fsp3) is 0.250. The van der Waals surface area contributed by atoms with Crippen LogP contribution in [0.15, 0.2) is 54.6 Å². The van der Waals surface area contributed by atoms with Crippen LogP contribution < -0.4 is 10.6 Å². The molecule has 0 saturated heterocycles. The van der Waals surface area contributed by atoms with Crippen molar-refractivity contribution in [3.63, 3.8) is 0 Å². The molecule has 0 heterocycles. The van der Waals surface area contributed by atoms with Gasteiger partial charge in [0.15, 0.2) is 6.61 Å². The van der Waals surface area contributed by atoms with Crippen LogP contribution in [0, 0.1) is 0 Å². The van der Waals surface area contributed by atoms with Gasteiger partial charge in [0.2, 0.25) is 0 Å². The molecule has 7 nitrogen and oxygen atoms in total. The summed E-state index contributed by atoms with van der Waals surface area (Å²) in [4.78, 5) is 36.3. The van der Waals surface area contributed by atoms with Gasteiger partial charge in [-0.1, -0.05) is 30.3 Å². The number of hydrogen-bond donors (Lipinski definition) is 2. The van der Waals surface area contributed by atoms with Gasteiger partial charge in [0, 0.05) is 25.8 Å². The number of nitrogens with one attached hydrogen (secondary N) is 2. The van der Waals surface area contributed by atoms with Crippen LogP contribution in [0.5, 0.6) is 0 Å². The Hall–Kier alpha value is -3.19. The van der Waals surface area contributed by atoms with Crippen molar-refractivity contribution in [1.82, 2.24) is 5.32 Å². The average Bonchev–Trinajstić information content (AvgIpc) is 2.70. The Kier molecular flexibility index (Phi) is 7.99. The first kappa shape index (κ1) is 20.1. The monoisotopic (exact) mass is 370 g/mol. The van der Waals surface area contributed by atoms with Crippen molar-refractivity contribution in [2.75, 3.05) is 32.2 Å². The highest BCUT2D eigenvalue weighted by atomic mass is 16.5. The van der Waals surface area contributed by atoms with Gasteiger partial charge in [-0.05, 0) is 30.7 Å². The molecule has 0 aliphatic rings. The molecule has 0 aliphatic heterocycles. The molecule has 0 aliphatic carbocycles. The number of benzene rings is 2. The summed E-state index contributed by atoms with van der Waals surface area (Å²) in [6.45, 7) is 0.579. The summed E-state index contributed by atoms with van der Waals surface area (Å²) in [5.41, 5.74) is 0.960. The molecule has 0 unspecified atom stereocenters. The highest BCUT2D eigenvalue weighted by Gasteiger charge is 2.16. The van der Waals surface area contributed by atoms with Crippen molar-refractivity contribution in [2.24, 2.45) is 0 Å². The minimum atomic E-state index is -0.689. The zero-order chi connectivity index (χ0) is 19.5. The number of methoxy groups -OCH3 is 1. The van der Waals surface area contributed by atoms with Crippen LogP contribution in [-0.2, 0) is 14.3 Å². The summed E-state index contributed by atoms with van der Waals surface area (Å²) in [7, 11) is 1.58. The molecule has 142 valence electrons. The molecule has 0 atom stereocenters. The molecule has 0 aromatic heterocycles. The van der Waals surface area contributed by atoms with Crippen LogP contribution in [0.4, 0.5) is 5.69 Å². The molecule has 0 saturated carbocycles. The van der Waals surface area contributed by atoms with E-state index < -0.39 is 18.5 Å². The normalized spacial score (nSPS) is 10.1. The van der Waals surface area contributed by atoms with Crippen LogP contribution >= 0.6 is 0 Å². The molecule has 7 heteroatoms. The van der Waals surface area contributed by atoms with E-state index in [0.717, 1.165) is 0 Å². The van der Waals surface area contributed by atoms with E-state index in [1.807, 2.05) is 6.07 Å². The van der Waals surface area contributed by atoms with Gasteiger partial charge >= 0.3 is 5.97 Å². The molecule has 0 radical (unpaired) electrons. The van der Waals surface area contributed by atoms with Crippen molar-refractivity contribution in [3.05, 3.63) is 65.7 Å². The van der Waals surface area contributed by atoms with E-state index in [0.29, 0.717) is 30.8 Å². The maximum Gasteiger partial charge on any atom is 0.340 e. The molecule has 2 aromatic carbocycles. The predicted octanol–water partition coefficient (Wildman–Crippen LogP) is 2.25. The molecule has 0 fully saturated rings. The van der Waals surface area contributed by atoms with Gasteiger partial charge in [0.05, 0.1) is 11.3 Å². The number of carbonyl (C=O) groups excluding carboxylic acids is 3. The molecule has 2 rings (SSSR count). The Morgan fingerprint density at radius 1 is 0.963 bits per heavy atom. The molecule has 2 amide bonds. The lowest BCUT2D eigenvalue weighted by atomic mass is 10.1. The number of rotatable bonds is 9. The lowest BCUT2D eigenvalue weighted by Gasteiger charge is -2.11. The maximum absolute atomic E-state index is 12.3. The summed E-state index contributed by atoms with van der Waals surface area (Å²) >= 11 is 0. The summed E-state index contributed by atoms with van der Waals surface area (Å²) in [6, 6.07) is 15.1. The fourth-order valence-electron chi connectivity index (χ4n) is 2.26. The first-order valence-electron chi connectivity index (χ1n) is 8.50. The average molecular weight is 370 g/mol. The zero-order valence-electron chi connectivity index (χ0n) is 15.1. The number of amides is 2. The second kappa shape index (κ2) is 10.7. The van der Waals surface area contributed by atoms with Crippen LogP contribution in [0.1, 0.15) is 27.1 Å². The molecule has 2 aromatic rings. The van der Waals surface area contributed by atoms with E-state index in [2.05, 4.69) is 10.6 Å². The number of carbonyl (C=O) groups is 3. The van der Waals surface area contributed by atoms with Crippen LogP contribution in [-0.4, -0.2) is 44.7 Å². The van der Waals surface area contributed by atoms with E-state index in [4.69, 9.17) is 9.47 Å². The maximum atomic E-state index is 12.3. The third-order valence-corrected chi connectivity index (χ3v) is 3.61. The van der Waals surface area contributed by atoms with Crippen molar-refractivity contribution in [3.8, 4) is 0 Å². The Labute approximate surface area is 157 Å². The summed E-state index contributed by atoms with van der Waals surface area (Å²) < 4.78 is 9.93. The van der Waals surface area contributed by atoms with Crippen LogP contribution in [0.3, 0.4) is 0 Å². The summed E-state index contributed by atoms with van der Waals surface area (Å²) in [5, 5.41) is 5.32. The minimum absolute atomic E-state index is 0.175. The molecule has 0 bridgehead atoms. The Morgan fingerprint density at radius 2 is 1.67 bits per heavy atom. The predicted molar refractivity (Wildman–Crippen MR) is 101 cm³/mol. The highest BCUT2D eigenvalue weighted by molar-refractivity contribution is 6.08. The lowest BCUT2D eigenvalue weighted by Crippen LogP contribution is -2.30. The Bertz CT molecular complexity index is 777. The smallest absolute Gasteiger partial charge is 0.340 e. The number of esters is 1. The molecule has 0 spiro atoms. The Morgan fingerprint density at radius 3 is 2.41 bits per heavy atom. The van der Waals surface area contributed by atoms with Gasteiger partial charge in [0.25, 0.3) is 11.8 Å². The number of para-hydroxylation sites is 1. The van der Waals surface area contributed by atoms with Gasteiger partial charge in [-0.25, -0.2) is 4.79 Å². The summed E-state index contributed by atoms with van der Waals surface area (Å²) in [6.07, 6.45) is 0.671. The van der Waals surface area contributed by atoms with E-state index >= 15 is 0 Å². The minimum Gasteiger partial charge on any atom is -0.452 e. The number of anilines is 1. The largest absolute Gasteiger partial charge is 0.452 e.